The number of nitrogens with zero attached hydrogens (tertiary/aromatic N) is 2. The van der Waals surface area contributed by atoms with Crippen LogP contribution >= 0.6 is 0 Å². The van der Waals surface area contributed by atoms with E-state index in [1.54, 1.807) is 0 Å². The highest BCUT2D eigenvalue weighted by Gasteiger charge is 2.36. The van der Waals surface area contributed by atoms with Crippen LogP contribution < -0.4 is 0 Å². The summed E-state index contributed by atoms with van der Waals surface area (Å²) >= 11 is 0. The Labute approximate surface area is 108 Å². The largest absolute Gasteiger partial charge is 0.337 e. The maximum Gasteiger partial charge on any atom is 0.272 e. The number of carbonyl (C=O) groups excluding carboxylic acids is 1. The molecule has 0 aromatic carbocycles. The Morgan fingerprint density at radius 3 is 2.50 bits per heavy atom. The van der Waals surface area contributed by atoms with Crippen LogP contribution in [-0.2, 0) is 0 Å². The number of aromatic nitrogens is 1. The van der Waals surface area contributed by atoms with Crippen molar-refractivity contribution in [1.29, 1.82) is 0 Å². The summed E-state index contributed by atoms with van der Waals surface area (Å²) in [5.41, 5.74) is 1.52. The fourth-order valence-electron chi connectivity index (χ4n) is 3.40. The lowest BCUT2D eigenvalue weighted by Gasteiger charge is -2.22. The number of hydrogen-bond donors (Lipinski definition) is 0. The zero-order chi connectivity index (χ0) is 12.5. The Hall–Kier alpha value is -1.38. The van der Waals surface area contributed by atoms with Crippen LogP contribution in [0.1, 0.15) is 41.9 Å². The molecule has 1 saturated carbocycles. The van der Waals surface area contributed by atoms with Crippen molar-refractivity contribution in [2.45, 2.75) is 32.6 Å². The molecule has 2 atom stereocenters. The summed E-state index contributed by atoms with van der Waals surface area (Å²) in [6.07, 6.45) is 5.28. The highest BCUT2D eigenvalue weighted by molar-refractivity contribution is 5.92. The fourth-order valence-corrected chi connectivity index (χ4v) is 3.40. The van der Waals surface area contributed by atoms with E-state index >= 15 is 0 Å². The summed E-state index contributed by atoms with van der Waals surface area (Å²) in [4.78, 5) is 18.8. The van der Waals surface area contributed by atoms with Crippen LogP contribution in [0.5, 0.6) is 0 Å². The molecule has 1 aromatic heterocycles. The van der Waals surface area contributed by atoms with Crippen LogP contribution in [0.15, 0.2) is 18.2 Å². The van der Waals surface area contributed by atoms with Crippen LogP contribution in [0.25, 0.3) is 0 Å². The number of hydrogen-bond acceptors (Lipinski definition) is 2. The van der Waals surface area contributed by atoms with Crippen LogP contribution in [0, 0.1) is 18.8 Å². The molecule has 96 valence electrons. The summed E-state index contributed by atoms with van der Waals surface area (Å²) in [5.74, 6) is 1.60. The van der Waals surface area contributed by atoms with Gasteiger partial charge in [-0.25, -0.2) is 4.98 Å². The van der Waals surface area contributed by atoms with Crippen molar-refractivity contribution in [2.75, 3.05) is 13.1 Å². The minimum atomic E-state index is 0.119. The first-order valence-electron chi connectivity index (χ1n) is 6.97. The second kappa shape index (κ2) is 4.71. The van der Waals surface area contributed by atoms with Crippen LogP contribution in [0.4, 0.5) is 0 Å². The van der Waals surface area contributed by atoms with Crippen molar-refractivity contribution in [3.8, 4) is 0 Å². The Kier molecular flexibility index (Phi) is 3.06. The van der Waals surface area contributed by atoms with Gasteiger partial charge in [-0.3, -0.25) is 4.79 Å². The van der Waals surface area contributed by atoms with Gasteiger partial charge in [0.1, 0.15) is 5.69 Å². The van der Waals surface area contributed by atoms with Gasteiger partial charge in [-0.2, -0.15) is 0 Å². The molecular weight excluding hydrogens is 224 g/mol. The van der Waals surface area contributed by atoms with Crippen LogP contribution in [-0.4, -0.2) is 28.9 Å². The third-order valence-electron chi connectivity index (χ3n) is 4.37. The van der Waals surface area contributed by atoms with E-state index in [9.17, 15) is 4.79 Å². The number of likely N-dealkylation sites (tertiary alicyclic amines) is 1. The van der Waals surface area contributed by atoms with E-state index in [1.807, 2.05) is 30.0 Å². The van der Waals surface area contributed by atoms with Gasteiger partial charge >= 0.3 is 0 Å². The molecule has 1 aromatic rings. The molecule has 18 heavy (non-hydrogen) atoms. The molecule has 0 bridgehead atoms. The number of pyridine rings is 1. The van der Waals surface area contributed by atoms with Crippen molar-refractivity contribution in [2.24, 2.45) is 11.8 Å². The second-order valence-corrected chi connectivity index (χ2v) is 5.68. The summed E-state index contributed by atoms with van der Waals surface area (Å²) in [5, 5.41) is 0. The van der Waals surface area contributed by atoms with Gasteiger partial charge < -0.3 is 4.90 Å². The smallest absolute Gasteiger partial charge is 0.272 e. The second-order valence-electron chi connectivity index (χ2n) is 5.68. The quantitative estimate of drug-likeness (QED) is 0.761. The van der Waals surface area contributed by atoms with E-state index in [1.165, 1.54) is 25.7 Å². The maximum absolute atomic E-state index is 12.4. The van der Waals surface area contributed by atoms with E-state index in [0.717, 1.165) is 30.6 Å². The zero-order valence-electron chi connectivity index (χ0n) is 10.9. The van der Waals surface area contributed by atoms with Crippen LogP contribution in [0.3, 0.4) is 0 Å². The average molecular weight is 244 g/mol. The standard InChI is InChI=1S/C15H20N2O/c1-11-5-4-8-14(16-11)15(18)17-9-12-6-2-3-7-13(12)10-17/h4-5,8,12-13H,2-3,6-7,9-10H2,1H3. The molecular formula is C15H20N2O. The Balaban J connectivity index is 1.74. The monoisotopic (exact) mass is 244 g/mol. The molecule has 1 amide bonds. The predicted octanol–water partition coefficient (Wildman–Crippen LogP) is 2.65. The number of fused-ring (bicyclic) bond motifs is 1. The highest BCUT2D eigenvalue weighted by atomic mass is 16.2. The van der Waals surface area contributed by atoms with Crippen molar-refractivity contribution in [3.05, 3.63) is 29.6 Å². The molecule has 2 fully saturated rings. The Morgan fingerprint density at radius 1 is 1.22 bits per heavy atom. The normalized spacial score (nSPS) is 27.1. The Bertz CT molecular complexity index is 444. The molecule has 3 nitrogen and oxygen atoms in total. The number of carbonyl (C=O) groups is 1. The van der Waals surface area contributed by atoms with E-state index in [4.69, 9.17) is 0 Å². The van der Waals surface area contributed by atoms with E-state index in [-0.39, 0.29) is 5.91 Å². The molecule has 3 heteroatoms. The third kappa shape index (κ3) is 2.14. The average Bonchev–Trinajstić information content (AvgIpc) is 2.81. The predicted molar refractivity (Wildman–Crippen MR) is 70.3 cm³/mol. The maximum atomic E-state index is 12.4. The van der Waals surface area contributed by atoms with Crippen molar-refractivity contribution in [3.63, 3.8) is 0 Å². The molecule has 0 N–H and O–H groups in total. The van der Waals surface area contributed by atoms with Gasteiger partial charge in [-0.1, -0.05) is 18.9 Å². The molecule has 2 heterocycles. The SMILES string of the molecule is Cc1cccc(C(=O)N2CC3CCCCC3C2)n1. The summed E-state index contributed by atoms with van der Waals surface area (Å²) in [6, 6.07) is 5.68. The summed E-state index contributed by atoms with van der Waals surface area (Å²) < 4.78 is 0. The summed E-state index contributed by atoms with van der Waals surface area (Å²) in [7, 11) is 0. The number of rotatable bonds is 1. The van der Waals surface area contributed by atoms with Gasteiger partial charge in [0.15, 0.2) is 0 Å². The minimum Gasteiger partial charge on any atom is -0.337 e. The first kappa shape index (κ1) is 11.7. The zero-order valence-corrected chi connectivity index (χ0v) is 10.9. The molecule has 0 radical (unpaired) electrons. The fraction of sp³-hybridized carbons (Fsp3) is 0.600. The van der Waals surface area contributed by atoms with E-state index < -0.39 is 0 Å². The van der Waals surface area contributed by atoms with Gasteiger partial charge in [0.05, 0.1) is 0 Å². The first-order valence-corrected chi connectivity index (χ1v) is 6.97. The van der Waals surface area contributed by atoms with Crippen molar-refractivity contribution < 1.29 is 4.79 Å². The molecule has 1 saturated heterocycles. The lowest BCUT2D eigenvalue weighted by molar-refractivity contribution is 0.0778. The molecule has 2 aliphatic rings. The molecule has 1 aliphatic heterocycles. The van der Waals surface area contributed by atoms with Crippen molar-refractivity contribution >= 4 is 5.91 Å². The number of aryl methyl sites for hydroxylation is 1. The molecule has 0 spiro atoms. The van der Waals surface area contributed by atoms with Gasteiger partial charge in [0.2, 0.25) is 0 Å². The topological polar surface area (TPSA) is 33.2 Å². The summed E-state index contributed by atoms with van der Waals surface area (Å²) in [6.45, 7) is 3.82. The molecule has 1 aliphatic carbocycles. The van der Waals surface area contributed by atoms with E-state index in [2.05, 4.69) is 4.98 Å². The lowest BCUT2D eigenvalue weighted by atomic mass is 9.82. The Morgan fingerprint density at radius 2 is 1.89 bits per heavy atom. The van der Waals surface area contributed by atoms with Gasteiger partial charge in [0.25, 0.3) is 5.91 Å². The van der Waals surface area contributed by atoms with Gasteiger partial charge in [0, 0.05) is 18.8 Å². The van der Waals surface area contributed by atoms with Gasteiger partial charge in [-0.05, 0) is 43.7 Å². The third-order valence-corrected chi connectivity index (χ3v) is 4.37. The van der Waals surface area contributed by atoms with Crippen molar-refractivity contribution in [1.82, 2.24) is 9.88 Å². The first-order chi connectivity index (χ1) is 8.74. The van der Waals surface area contributed by atoms with Gasteiger partial charge in [-0.15, -0.1) is 0 Å². The molecule has 3 rings (SSSR count). The van der Waals surface area contributed by atoms with Crippen LogP contribution in [0.2, 0.25) is 0 Å². The lowest BCUT2D eigenvalue weighted by Crippen LogP contribution is -2.29. The highest BCUT2D eigenvalue weighted by Crippen LogP contribution is 2.36. The molecule has 2 unspecified atom stereocenters. The minimum absolute atomic E-state index is 0.119. The van der Waals surface area contributed by atoms with E-state index in [0.29, 0.717) is 5.69 Å². The number of amides is 1.